The van der Waals surface area contributed by atoms with Crippen molar-refractivity contribution in [3.05, 3.63) is 82.9 Å². The second-order valence-electron chi connectivity index (χ2n) is 8.53. The van der Waals surface area contributed by atoms with E-state index in [0.717, 1.165) is 11.4 Å². The molecule has 162 valence electrons. The number of anilines is 2. The van der Waals surface area contributed by atoms with Crippen molar-refractivity contribution in [1.29, 1.82) is 0 Å². The van der Waals surface area contributed by atoms with E-state index in [0.29, 0.717) is 6.61 Å². The minimum atomic E-state index is -2.42. The highest BCUT2D eigenvalue weighted by molar-refractivity contribution is 8.19. The van der Waals surface area contributed by atoms with E-state index in [1.54, 1.807) is 0 Å². The van der Waals surface area contributed by atoms with Gasteiger partial charge in [-0.05, 0) is 60.4 Å². The van der Waals surface area contributed by atoms with Gasteiger partial charge in [0.25, 0.3) is 0 Å². The second-order valence-corrected chi connectivity index (χ2v) is 12.4. The summed E-state index contributed by atoms with van der Waals surface area (Å²) >= 11 is 6.44. The van der Waals surface area contributed by atoms with Gasteiger partial charge in [0.2, 0.25) is 0 Å². The van der Waals surface area contributed by atoms with Gasteiger partial charge in [0.05, 0.1) is 0 Å². The van der Waals surface area contributed by atoms with Gasteiger partial charge in [0, 0.05) is 62.7 Å². The van der Waals surface area contributed by atoms with E-state index in [-0.39, 0.29) is 5.92 Å². The van der Waals surface area contributed by atoms with E-state index in [1.807, 2.05) is 6.92 Å². The highest BCUT2D eigenvalue weighted by atomic mass is 32.4. The standard InChI is InChI=1S/C26H31N2OPS/c1-7-29-30(31)24-16-19(27(3)4)12-14-22(24)26(21-11-9-8-10-18(21)2)23-15-13-20(28(5)6)17-25(23)30/h8-17,26H,7H2,1-6H3. The van der Waals surface area contributed by atoms with Crippen LogP contribution in [0.15, 0.2) is 60.7 Å². The van der Waals surface area contributed by atoms with E-state index in [2.05, 4.69) is 106 Å². The number of benzene rings is 3. The summed E-state index contributed by atoms with van der Waals surface area (Å²) in [5.74, 6) is 0.148. The Kier molecular flexibility index (Phi) is 6.00. The van der Waals surface area contributed by atoms with Crippen molar-refractivity contribution in [3.63, 3.8) is 0 Å². The SMILES string of the molecule is CCOP1(=S)c2cc(N(C)C)ccc2C(c2ccccc2C)c2ccc(N(C)C)cc21. The molecule has 0 aromatic heterocycles. The van der Waals surface area contributed by atoms with Crippen LogP contribution < -0.4 is 20.4 Å². The third-order valence-corrected chi connectivity index (χ3v) is 10.3. The lowest BCUT2D eigenvalue weighted by Crippen LogP contribution is -2.34. The van der Waals surface area contributed by atoms with Gasteiger partial charge in [-0.2, -0.15) is 0 Å². The van der Waals surface area contributed by atoms with Gasteiger partial charge in [-0.15, -0.1) is 0 Å². The van der Waals surface area contributed by atoms with Crippen LogP contribution in [0.4, 0.5) is 11.4 Å². The molecule has 31 heavy (non-hydrogen) atoms. The number of aryl methyl sites for hydroxylation is 1. The zero-order valence-corrected chi connectivity index (χ0v) is 20.9. The largest absolute Gasteiger partial charge is 0.378 e. The number of hydrogen-bond acceptors (Lipinski definition) is 4. The van der Waals surface area contributed by atoms with Gasteiger partial charge < -0.3 is 14.3 Å². The Balaban J connectivity index is 2.09. The second kappa shape index (κ2) is 8.43. The molecule has 0 unspecified atom stereocenters. The quantitative estimate of drug-likeness (QED) is 0.508. The van der Waals surface area contributed by atoms with Gasteiger partial charge >= 0.3 is 0 Å². The van der Waals surface area contributed by atoms with Crippen LogP contribution in [0.1, 0.15) is 35.1 Å². The van der Waals surface area contributed by atoms with E-state index in [1.165, 1.54) is 32.9 Å². The lowest BCUT2D eigenvalue weighted by Gasteiger charge is -2.38. The molecule has 3 nitrogen and oxygen atoms in total. The van der Waals surface area contributed by atoms with Crippen molar-refractivity contribution >= 4 is 40.1 Å². The lowest BCUT2D eigenvalue weighted by atomic mass is 9.82. The third-order valence-electron chi connectivity index (χ3n) is 6.13. The van der Waals surface area contributed by atoms with E-state index < -0.39 is 6.26 Å². The Labute approximate surface area is 191 Å². The minimum Gasteiger partial charge on any atom is -0.378 e. The van der Waals surface area contributed by atoms with Gasteiger partial charge in [-0.1, -0.05) is 48.2 Å². The van der Waals surface area contributed by atoms with Crippen LogP contribution in [0.5, 0.6) is 0 Å². The van der Waals surface area contributed by atoms with Gasteiger partial charge in [0.1, 0.15) is 6.26 Å². The molecule has 0 atom stereocenters. The molecule has 1 aliphatic heterocycles. The first-order valence-corrected chi connectivity index (χ1v) is 13.4. The predicted octanol–water partition coefficient (Wildman–Crippen LogP) is 5.00. The first kappa shape index (κ1) is 22.1. The van der Waals surface area contributed by atoms with E-state index >= 15 is 0 Å². The molecule has 0 N–H and O–H groups in total. The number of hydrogen-bond donors (Lipinski definition) is 0. The zero-order valence-electron chi connectivity index (χ0n) is 19.2. The van der Waals surface area contributed by atoms with Gasteiger partial charge in [-0.25, -0.2) is 0 Å². The molecule has 0 radical (unpaired) electrons. The lowest BCUT2D eigenvalue weighted by molar-refractivity contribution is 0.386. The highest BCUT2D eigenvalue weighted by Crippen LogP contribution is 2.55. The summed E-state index contributed by atoms with van der Waals surface area (Å²) in [5.41, 5.74) is 7.50. The van der Waals surface area contributed by atoms with Crippen LogP contribution in [0.3, 0.4) is 0 Å². The van der Waals surface area contributed by atoms with Crippen molar-refractivity contribution in [2.24, 2.45) is 0 Å². The normalized spacial score (nSPS) is 19.5. The van der Waals surface area contributed by atoms with Crippen LogP contribution in [0, 0.1) is 6.92 Å². The fraction of sp³-hybridized carbons (Fsp3) is 0.308. The predicted molar refractivity (Wildman–Crippen MR) is 139 cm³/mol. The Morgan fingerprint density at radius 3 is 1.77 bits per heavy atom. The maximum absolute atomic E-state index is 6.50. The Morgan fingerprint density at radius 2 is 1.32 bits per heavy atom. The van der Waals surface area contributed by atoms with Gasteiger partial charge in [-0.3, -0.25) is 0 Å². The zero-order chi connectivity index (χ0) is 22.3. The molecule has 4 rings (SSSR count). The molecule has 1 aliphatic rings. The molecule has 1 heterocycles. The maximum atomic E-state index is 6.50. The molecule has 0 saturated carbocycles. The topological polar surface area (TPSA) is 15.7 Å². The van der Waals surface area contributed by atoms with Gasteiger partial charge in [0.15, 0.2) is 0 Å². The monoisotopic (exact) mass is 450 g/mol. The molecular formula is C26H31N2OPS. The molecular weight excluding hydrogens is 419 g/mol. The van der Waals surface area contributed by atoms with Crippen LogP contribution in [-0.4, -0.2) is 34.8 Å². The van der Waals surface area contributed by atoms with E-state index in [9.17, 15) is 0 Å². The molecule has 0 bridgehead atoms. The third kappa shape index (κ3) is 3.71. The molecule has 0 spiro atoms. The van der Waals surface area contributed by atoms with Crippen molar-refractivity contribution in [3.8, 4) is 0 Å². The van der Waals surface area contributed by atoms with E-state index in [4.69, 9.17) is 16.3 Å². The summed E-state index contributed by atoms with van der Waals surface area (Å²) in [7, 11) is 8.30. The number of fused-ring (bicyclic) bond motifs is 2. The first-order valence-electron chi connectivity index (χ1n) is 10.7. The fourth-order valence-electron chi connectivity index (χ4n) is 4.48. The van der Waals surface area contributed by atoms with Crippen molar-refractivity contribution in [2.45, 2.75) is 19.8 Å². The Morgan fingerprint density at radius 1 is 0.806 bits per heavy atom. The molecule has 0 saturated heterocycles. The molecule has 0 aliphatic carbocycles. The molecule has 0 fully saturated rings. The average molecular weight is 451 g/mol. The maximum Gasteiger partial charge on any atom is 0.123 e. The number of nitrogens with zero attached hydrogens (tertiary/aromatic N) is 2. The van der Waals surface area contributed by atoms with Crippen LogP contribution in [0.25, 0.3) is 0 Å². The molecule has 3 aromatic rings. The fourth-order valence-corrected chi connectivity index (χ4v) is 8.34. The molecule has 3 aromatic carbocycles. The summed E-state index contributed by atoms with van der Waals surface area (Å²) in [6.45, 7) is 4.85. The summed E-state index contributed by atoms with van der Waals surface area (Å²) in [5, 5.41) is 2.37. The summed E-state index contributed by atoms with van der Waals surface area (Å²) in [6.07, 6.45) is -2.42. The molecule has 0 amide bonds. The first-order chi connectivity index (χ1) is 14.8. The summed E-state index contributed by atoms with van der Waals surface area (Å²) in [6, 6.07) is 22.2. The minimum absolute atomic E-state index is 0.148. The number of rotatable bonds is 5. The molecule has 5 heteroatoms. The average Bonchev–Trinajstić information content (AvgIpc) is 2.75. The Bertz CT molecular complexity index is 1110. The smallest absolute Gasteiger partial charge is 0.123 e. The van der Waals surface area contributed by atoms with Crippen LogP contribution >= 0.6 is 6.26 Å². The van der Waals surface area contributed by atoms with Crippen molar-refractivity contribution in [1.82, 2.24) is 0 Å². The van der Waals surface area contributed by atoms with Crippen LogP contribution in [0.2, 0.25) is 0 Å². The summed E-state index contributed by atoms with van der Waals surface area (Å²) < 4.78 is 6.50. The summed E-state index contributed by atoms with van der Waals surface area (Å²) in [4.78, 5) is 4.28. The van der Waals surface area contributed by atoms with Crippen molar-refractivity contribution in [2.75, 3.05) is 44.6 Å². The van der Waals surface area contributed by atoms with Crippen molar-refractivity contribution < 1.29 is 4.52 Å². The Hall–Kier alpha value is -2.13. The van der Waals surface area contributed by atoms with Crippen LogP contribution in [-0.2, 0) is 16.3 Å². The highest BCUT2D eigenvalue weighted by Gasteiger charge is 2.39.